The SMILES string of the molecule is O=C(CCc1nc(-c2ccc(F)cc2)no1)NCCNc1ncc(C(F)(F)F)cc1Cl. The first-order valence-electron chi connectivity index (χ1n) is 9.04. The van der Waals surface area contributed by atoms with Crippen molar-refractivity contribution in [1.29, 1.82) is 0 Å². The van der Waals surface area contributed by atoms with Gasteiger partial charge in [0.1, 0.15) is 11.6 Å². The van der Waals surface area contributed by atoms with E-state index in [-0.39, 0.29) is 54.4 Å². The fourth-order valence-electron chi connectivity index (χ4n) is 2.49. The van der Waals surface area contributed by atoms with E-state index in [2.05, 4.69) is 25.8 Å². The van der Waals surface area contributed by atoms with Gasteiger partial charge in [0.2, 0.25) is 17.6 Å². The number of rotatable bonds is 8. The molecule has 0 bridgehead atoms. The van der Waals surface area contributed by atoms with Crippen LogP contribution in [0.25, 0.3) is 11.4 Å². The Hall–Kier alpha value is -3.21. The van der Waals surface area contributed by atoms with Crippen molar-refractivity contribution in [3.63, 3.8) is 0 Å². The summed E-state index contributed by atoms with van der Waals surface area (Å²) in [5.74, 6) is -0.0261. The van der Waals surface area contributed by atoms with Gasteiger partial charge in [-0.15, -0.1) is 0 Å². The van der Waals surface area contributed by atoms with E-state index >= 15 is 0 Å². The van der Waals surface area contributed by atoms with Gasteiger partial charge in [-0.25, -0.2) is 9.37 Å². The number of aromatic nitrogens is 3. The Morgan fingerprint density at radius 3 is 2.58 bits per heavy atom. The maximum atomic E-state index is 13.0. The lowest BCUT2D eigenvalue weighted by Crippen LogP contribution is -2.29. The topological polar surface area (TPSA) is 92.9 Å². The highest BCUT2D eigenvalue weighted by Crippen LogP contribution is 2.32. The van der Waals surface area contributed by atoms with Gasteiger partial charge in [0.05, 0.1) is 10.6 Å². The molecule has 2 aromatic heterocycles. The first-order valence-corrected chi connectivity index (χ1v) is 9.42. The van der Waals surface area contributed by atoms with Gasteiger partial charge in [-0.2, -0.15) is 18.2 Å². The second kappa shape index (κ2) is 9.73. The van der Waals surface area contributed by atoms with E-state index in [1.807, 2.05) is 0 Å². The summed E-state index contributed by atoms with van der Waals surface area (Å²) in [6.45, 7) is 0.404. The lowest BCUT2D eigenvalue weighted by molar-refractivity contribution is -0.137. The van der Waals surface area contributed by atoms with Crippen molar-refractivity contribution in [3.05, 3.63) is 58.8 Å². The monoisotopic (exact) mass is 457 g/mol. The highest BCUT2D eigenvalue weighted by atomic mass is 35.5. The molecule has 0 aliphatic rings. The largest absolute Gasteiger partial charge is 0.417 e. The summed E-state index contributed by atoms with van der Waals surface area (Å²) in [4.78, 5) is 19.7. The Kier molecular flexibility index (Phi) is 7.06. The van der Waals surface area contributed by atoms with Gasteiger partial charge in [-0.05, 0) is 30.3 Å². The normalized spacial score (nSPS) is 11.4. The number of carbonyl (C=O) groups is 1. The number of anilines is 1. The van der Waals surface area contributed by atoms with Crippen LogP contribution < -0.4 is 10.6 Å². The van der Waals surface area contributed by atoms with Crippen molar-refractivity contribution in [2.75, 3.05) is 18.4 Å². The molecule has 3 aromatic rings. The standard InChI is InChI=1S/C19H16ClF4N5O2/c20-14-9-12(19(22,23)24)10-27-18(14)26-8-7-25-15(30)5-6-16-28-17(29-31-16)11-1-3-13(21)4-2-11/h1-4,9-10H,5-8H2,(H,25,30)(H,26,27). The zero-order valence-corrected chi connectivity index (χ0v) is 16.6. The summed E-state index contributed by atoms with van der Waals surface area (Å²) in [7, 11) is 0. The molecule has 0 unspecified atom stereocenters. The van der Waals surface area contributed by atoms with Gasteiger partial charge >= 0.3 is 6.18 Å². The minimum absolute atomic E-state index is 0.0862. The van der Waals surface area contributed by atoms with Crippen LogP contribution >= 0.6 is 11.6 Å². The van der Waals surface area contributed by atoms with Gasteiger partial charge in [-0.3, -0.25) is 4.79 Å². The molecule has 0 aliphatic carbocycles. The predicted octanol–water partition coefficient (Wildman–Crippen LogP) is 4.10. The fourth-order valence-corrected chi connectivity index (χ4v) is 2.72. The van der Waals surface area contributed by atoms with E-state index in [9.17, 15) is 22.4 Å². The summed E-state index contributed by atoms with van der Waals surface area (Å²) < 4.78 is 55.8. The average Bonchev–Trinajstić information content (AvgIpc) is 3.19. The molecule has 0 fully saturated rings. The van der Waals surface area contributed by atoms with Gasteiger partial charge in [0, 0.05) is 37.7 Å². The zero-order valence-electron chi connectivity index (χ0n) is 15.8. The van der Waals surface area contributed by atoms with Crippen LogP contribution in [0.3, 0.4) is 0 Å². The first kappa shape index (κ1) is 22.5. The molecule has 12 heteroatoms. The molecule has 2 heterocycles. The van der Waals surface area contributed by atoms with E-state index in [1.165, 1.54) is 24.3 Å². The summed E-state index contributed by atoms with van der Waals surface area (Å²) >= 11 is 5.79. The second-order valence-corrected chi connectivity index (χ2v) is 6.75. The Morgan fingerprint density at radius 2 is 1.90 bits per heavy atom. The third kappa shape index (κ3) is 6.38. The Labute approximate surface area is 178 Å². The molecule has 0 radical (unpaired) electrons. The highest BCUT2D eigenvalue weighted by molar-refractivity contribution is 6.32. The number of hydrogen-bond donors (Lipinski definition) is 2. The summed E-state index contributed by atoms with van der Waals surface area (Å²) in [6, 6.07) is 6.36. The van der Waals surface area contributed by atoms with Crippen molar-refractivity contribution < 1.29 is 26.9 Å². The van der Waals surface area contributed by atoms with Crippen LogP contribution in [0.5, 0.6) is 0 Å². The molecule has 2 N–H and O–H groups in total. The fraction of sp³-hybridized carbons (Fsp3) is 0.263. The number of alkyl halides is 3. The average molecular weight is 458 g/mol. The zero-order chi connectivity index (χ0) is 22.4. The quantitative estimate of drug-likeness (QED) is 0.391. The maximum absolute atomic E-state index is 13.0. The van der Waals surface area contributed by atoms with Gasteiger partial charge in [-0.1, -0.05) is 16.8 Å². The molecule has 7 nitrogen and oxygen atoms in total. The Morgan fingerprint density at radius 1 is 1.16 bits per heavy atom. The summed E-state index contributed by atoms with van der Waals surface area (Å²) in [5.41, 5.74) is -0.359. The van der Waals surface area contributed by atoms with E-state index in [1.54, 1.807) is 0 Å². The number of nitrogens with zero attached hydrogens (tertiary/aromatic N) is 3. The lowest BCUT2D eigenvalue weighted by atomic mass is 10.2. The number of pyridine rings is 1. The molecule has 164 valence electrons. The lowest BCUT2D eigenvalue weighted by Gasteiger charge is -2.11. The molecule has 3 rings (SSSR count). The third-order valence-corrected chi connectivity index (χ3v) is 4.33. The number of benzene rings is 1. The molecule has 0 saturated carbocycles. The predicted molar refractivity (Wildman–Crippen MR) is 104 cm³/mol. The van der Waals surface area contributed by atoms with Crippen LogP contribution in [0.2, 0.25) is 5.02 Å². The van der Waals surface area contributed by atoms with Crippen LogP contribution in [-0.2, 0) is 17.4 Å². The van der Waals surface area contributed by atoms with Gasteiger partial charge in [0.15, 0.2) is 0 Å². The van der Waals surface area contributed by atoms with Crippen molar-refractivity contribution in [1.82, 2.24) is 20.4 Å². The van der Waals surface area contributed by atoms with Crippen LogP contribution in [0, 0.1) is 5.82 Å². The molecule has 1 aromatic carbocycles. The number of halogens is 5. The molecule has 1 amide bonds. The van der Waals surface area contributed by atoms with E-state index in [0.717, 1.165) is 6.07 Å². The molecule has 0 saturated heterocycles. The first-order chi connectivity index (χ1) is 14.7. The van der Waals surface area contributed by atoms with Crippen molar-refractivity contribution in [2.45, 2.75) is 19.0 Å². The molecule has 0 aliphatic heterocycles. The van der Waals surface area contributed by atoms with Crippen LogP contribution in [0.15, 0.2) is 41.1 Å². The van der Waals surface area contributed by atoms with Gasteiger partial charge < -0.3 is 15.2 Å². The summed E-state index contributed by atoms with van der Waals surface area (Å²) in [5, 5.41) is 9.01. The van der Waals surface area contributed by atoms with E-state index in [0.29, 0.717) is 17.6 Å². The van der Waals surface area contributed by atoms with Gasteiger partial charge in [0.25, 0.3) is 0 Å². The summed E-state index contributed by atoms with van der Waals surface area (Å²) in [6.07, 6.45) is -3.55. The van der Waals surface area contributed by atoms with Crippen molar-refractivity contribution in [2.24, 2.45) is 0 Å². The number of aryl methyl sites for hydroxylation is 1. The van der Waals surface area contributed by atoms with E-state index in [4.69, 9.17) is 16.1 Å². The number of amides is 1. The second-order valence-electron chi connectivity index (χ2n) is 6.35. The third-order valence-electron chi connectivity index (χ3n) is 4.04. The number of nitrogens with one attached hydrogen (secondary N) is 2. The molecule has 0 atom stereocenters. The maximum Gasteiger partial charge on any atom is 0.417 e. The molecular formula is C19H16ClF4N5O2. The van der Waals surface area contributed by atoms with Crippen LogP contribution in [-0.4, -0.2) is 34.1 Å². The minimum atomic E-state index is -4.53. The molecular weight excluding hydrogens is 442 g/mol. The molecule has 31 heavy (non-hydrogen) atoms. The highest BCUT2D eigenvalue weighted by Gasteiger charge is 2.31. The van der Waals surface area contributed by atoms with Crippen molar-refractivity contribution >= 4 is 23.3 Å². The Balaban J connectivity index is 1.40. The molecule has 0 spiro atoms. The smallest absolute Gasteiger partial charge is 0.367 e. The van der Waals surface area contributed by atoms with Crippen LogP contribution in [0.1, 0.15) is 17.9 Å². The Bertz CT molecular complexity index is 1040. The number of carbonyl (C=O) groups excluding carboxylic acids is 1. The van der Waals surface area contributed by atoms with Crippen molar-refractivity contribution in [3.8, 4) is 11.4 Å². The minimum Gasteiger partial charge on any atom is -0.367 e. The van der Waals surface area contributed by atoms with Crippen LogP contribution in [0.4, 0.5) is 23.4 Å². The van der Waals surface area contributed by atoms with E-state index < -0.39 is 11.7 Å². The number of hydrogen-bond acceptors (Lipinski definition) is 6.